The molecule has 0 aromatic heterocycles. The van der Waals surface area contributed by atoms with Gasteiger partial charge in [0.2, 0.25) is 0 Å². The number of hydrogen-bond donors (Lipinski definition) is 2. The SMILES string of the molecule is CCCCO.CCCCOC(=O)C(C)O. The van der Waals surface area contributed by atoms with E-state index in [1.165, 1.54) is 6.92 Å². The van der Waals surface area contributed by atoms with Gasteiger partial charge in [0, 0.05) is 6.61 Å². The van der Waals surface area contributed by atoms with Gasteiger partial charge in [0.1, 0.15) is 6.10 Å². The van der Waals surface area contributed by atoms with Gasteiger partial charge in [0.15, 0.2) is 0 Å². The second kappa shape index (κ2) is 13.4. The predicted octanol–water partition coefficient (Wildman–Crippen LogP) is 1.49. The summed E-state index contributed by atoms with van der Waals surface area (Å²) in [6.45, 7) is 6.22. The molecule has 0 spiro atoms. The van der Waals surface area contributed by atoms with Gasteiger partial charge < -0.3 is 14.9 Å². The second-order valence-electron chi connectivity index (χ2n) is 3.27. The van der Waals surface area contributed by atoms with Crippen LogP contribution in [-0.2, 0) is 9.53 Å². The molecule has 0 amide bonds. The van der Waals surface area contributed by atoms with Gasteiger partial charge in [-0.3, -0.25) is 0 Å². The first kappa shape index (κ1) is 16.8. The lowest BCUT2D eigenvalue weighted by Crippen LogP contribution is -2.19. The summed E-state index contributed by atoms with van der Waals surface area (Å²) in [6, 6.07) is 0. The van der Waals surface area contributed by atoms with Crippen molar-refractivity contribution in [3.63, 3.8) is 0 Å². The van der Waals surface area contributed by atoms with Gasteiger partial charge in [-0.2, -0.15) is 0 Å². The van der Waals surface area contributed by atoms with Crippen LogP contribution >= 0.6 is 0 Å². The molecule has 0 heterocycles. The van der Waals surface area contributed by atoms with Crippen LogP contribution in [0.15, 0.2) is 0 Å². The Hall–Kier alpha value is -0.610. The Labute approximate surface area is 92.3 Å². The molecule has 4 heteroatoms. The third kappa shape index (κ3) is 16.1. The van der Waals surface area contributed by atoms with Crippen LogP contribution in [0, 0.1) is 0 Å². The first-order chi connectivity index (χ1) is 7.09. The van der Waals surface area contributed by atoms with Crippen molar-refractivity contribution < 1.29 is 19.7 Å². The molecule has 0 aliphatic carbocycles. The van der Waals surface area contributed by atoms with E-state index in [-0.39, 0.29) is 0 Å². The number of esters is 1. The van der Waals surface area contributed by atoms with Gasteiger partial charge in [-0.15, -0.1) is 0 Å². The molecule has 92 valence electrons. The van der Waals surface area contributed by atoms with E-state index >= 15 is 0 Å². The Morgan fingerprint density at radius 3 is 2.07 bits per heavy atom. The molecule has 0 fully saturated rings. The van der Waals surface area contributed by atoms with Crippen LogP contribution in [0.1, 0.15) is 46.5 Å². The summed E-state index contributed by atoms with van der Waals surface area (Å²) in [7, 11) is 0. The third-order valence-corrected chi connectivity index (χ3v) is 1.59. The number of carbonyl (C=O) groups excluding carboxylic acids is 1. The molecule has 0 aliphatic heterocycles. The standard InChI is InChI=1S/C7H14O3.C4H10O/c1-3-4-5-10-7(9)6(2)8;1-2-3-4-5/h6,8H,3-5H2,1-2H3;5H,2-4H2,1H3. The van der Waals surface area contributed by atoms with Crippen LogP contribution in [-0.4, -0.2) is 35.5 Å². The maximum absolute atomic E-state index is 10.5. The van der Waals surface area contributed by atoms with Gasteiger partial charge in [0.05, 0.1) is 6.61 Å². The number of carbonyl (C=O) groups is 1. The van der Waals surface area contributed by atoms with E-state index in [1.54, 1.807) is 0 Å². The fraction of sp³-hybridized carbons (Fsp3) is 0.909. The first-order valence-electron chi connectivity index (χ1n) is 5.55. The van der Waals surface area contributed by atoms with E-state index in [1.807, 2.05) is 6.92 Å². The maximum atomic E-state index is 10.5. The highest BCUT2D eigenvalue weighted by Gasteiger charge is 2.08. The zero-order valence-electron chi connectivity index (χ0n) is 10.0. The molecule has 2 N–H and O–H groups in total. The third-order valence-electron chi connectivity index (χ3n) is 1.59. The van der Waals surface area contributed by atoms with Crippen molar-refractivity contribution in [2.45, 2.75) is 52.6 Å². The molecule has 0 rings (SSSR count). The normalized spacial score (nSPS) is 11.3. The molecular weight excluding hydrogens is 196 g/mol. The number of hydrogen-bond acceptors (Lipinski definition) is 4. The Kier molecular flexibility index (Phi) is 15.0. The van der Waals surface area contributed by atoms with Gasteiger partial charge in [-0.25, -0.2) is 4.79 Å². The molecule has 0 aliphatic rings. The number of unbranched alkanes of at least 4 members (excludes halogenated alkanes) is 2. The minimum atomic E-state index is -0.989. The lowest BCUT2D eigenvalue weighted by Gasteiger charge is -2.04. The highest BCUT2D eigenvalue weighted by atomic mass is 16.5. The van der Waals surface area contributed by atoms with Gasteiger partial charge >= 0.3 is 5.97 Å². The van der Waals surface area contributed by atoms with Crippen molar-refractivity contribution >= 4 is 5.97 Å². The minimum absolute atomic E-state index is 0.344. The van der Waals surface area contributed by atoms with Crippen molar-refractivity contribution in [3.05, 3.63) is 0 Å². The quantitative estimate of drug-likeness (QED) is 0.525. The highest BCUT2D eigenvalue weighted by Crippen LogP contribution is 1.91. The molecule has 0 aromatic carbocycles. The number of aliphatic hydroxyl groups is 2. The van der Waals surface area contributed by atoms with E-state index in [9.17, 15) is 4.79 Å². The summed E-state index contributed by atoms with van der Waals surface area (Å²) in [4.78, 5) is 10.5. The summed E-state index contributed by atoms with van der Waals surface area (Å²) in [5.74, 6) is -0.534. The zero-order valence-corrected chi connectivity index (χ0v) is 10.0. The fourth-order valence-electron chi connectivity index (χ4n) is 0.596. The van der Waals surface area contributed by atoms with Crippen molar-refractivity contribution in [3.8, 4) is 0 Å². The molecule has 0 saturated heterocycles. The number of ether oxygens (including phenoxy) is 1. The van der Waals surface area contributed by atoms with E-state index < -0.39 is 12.1 Å². The molecule has 15 heavy (non-hydrogen) atoms. The maximum Gasteiger partial charge on any atom is 0.334 e. The summed E-state index contributed by atoms with van der Waals surface area (Å²) in [5, 5.41) is 16.7. The van der Waals surface area contributed by atoms with E-state index in [0.29, 0.717) is 13.2 Å². The average molecular weight is 220 g/mol. The topological polar surface area (TPSA) is 66.8 Å². The summed E-state index contributed by atoms with van der Waals surface area (Å²) >= 11 is 0. The lowest BCUT2D eigenvalue weighted by molar-refractivity contribution is -0.152. The Balaban J connectivity index is 0. The molecule has 0 aromatic rings. The van der Waals surface area contributed by atoms with E-state index in [4.69, 9.17) is 10.2 Å². The van der Waals surface area contributed by atoms with Crippen molar-refractivity contribution in [2.75, 3.05) is 13.2 Å². The van der Waals surface area contributed by atoms with Crippen LogP contribution in [0.2, 0.25) is 0 Å². The average Bonchev–Trinajstić information content (AvgIpc) is 2.20. The predicted molar refractivity (Wildman–Crippen MR) is 59.5 cm³/mol. The van der Waals surface area contributed by atoms with Crippen LogP contribution in [0.25, 0.3) is 0 Å². The number of aliphatic hydroxyl groups excluding tert-OH is 2. The molecule has 0 bridgehead atoms. The summed E-state index contributed by atoms with van der Waals surface area (Å²) in [5.41, 5.74) is 0. The molecule has 4 nitrogen and oxygen atoms in total. The molecular formula is C11H24O4. The largest absolute Gasteiger partial charge is 0.464 e. The van der Waals surface area contributed by atoms with Crippen molar-refractivity contribution in [2.24, 2.45) is 0 Å². The summed E-state index contributed by atoms with van der Waals surface area (Å²) in [6.07, 6.45) is 2.90. The van der Waals surface area contributed by atoms with E-state index in [0.717, 1.165) is 25.7 Å². The number of rotatable bonds is 6. The highest BCUT2D eigenvalue weighted by molar-refractivity contribution is 5.73. The monoisotopic (exact) mass is 220 g/mol. The summed E-state index contributed by atoms with van der Waals surface area (Å²) < 4.78 is 4.65. The second-order valence-corrected chi connectivity index (χ2v) is 3.27. The lowest BCUT2D eigenvalue weighted by atomic mass is 10.3. The smallest absolute Gasteiger partial charge is 0.334 e. The van der Waals surface area contributed by atoms with Crippen molar-refractivity contribution in [1.29, 1.82) is 0 Å². The first-order valence-corrected chi connectivity index (χ1v) is 5.55. The van der Waals surface area contributed by atoms with E-state index in [2.05, 4.69) is 11.7 Å². The molecule has 1 atom stereocenters. The Morgan fingerprint density at radius 2 is 1.80 bits per heavy atom. The molecule has 0 radical (unpaired) electrons. The molecule has 0 saturated carbocycles. The zero-order chi connectivity index (χ0) is 12.1. The molecule has 1 unspecified atom stereocenters. The van der Waals surface area contributed by atoms with Gasteiger partial charge in [-0.05, 0) is 19.8 Å². The van der Waals surface area contributed by atoms with Crippen LogP contribution in [0.5, 0.6) is 0 Å². The Bertz CT molecular complexity index is 133. The van der Waals surface area contributed by atoms with Crippen LogP contribution in [0.3, 0.4) is 0 Å². The van der Waals surface area contributed by atoms with Gasteiger partial charge in [-0.1, -0.05) is 26.7 Å². The van der Waals surface area contributed by atoms with Crippen molar-refractivity contribution in [1.82, 2.24) is 0 Å². The van der Waals surface area contributed by atoms with Crippen LogP contribution < -0.4 is 0 Å². The fourth-order valence-corrected chi connectivity index (χ4v) is 0.596. The van der Waals surface area contributed by atoms with Gasteiger partial charge in [0.25, 0.3) is 0 Å². The minimum Gasteiger partial charge on any atom is -0.464 e. The van der Waals surface area contributed by atoms with Crippen LogP contribution in [0.4, 0.5) is 0 Å². The Morgan fingerprint density at radius 1 is 1.27 bits per heavy atom.